The van der Waals surface area contributed by atoms with Crippen LogP contribution in [0.4, 0.5) is 0 Å². The van der Waals surface area contributed by atoms with Crippen LogP contribution in [-0.2, 0) is 9.53 Å². The molecule has 4 heteroatoms. The molecule has 2 rings (SSSR count). The van der Waals surface area contributed by atoms with Gasteiger partial charge in [-0.1, -0.05) is 12.2 Å². The van der Waals surface area contributed by atoms with Crippen molar-refractivity contribution in [3.63, 3.8) is 0 Å². The van der Waals surface area contributed by atoms with E-state index >= 15 is 0 Å². The molecule has 0 saturated carbocycles. The normalized spacial score (nSPS) is 32.2. The fraction of sp³-hybridized carbons (Fsp3) is 0.700. The maximum Gasteiger partial charge on any atom is 0.245 e. The Kier molecular flexibility index (Phi) is 2.56. The highest BCUT2D eigenvalue weighted by molar-refractivity contribution is 5.86. The largest absolute Gasteiger partial charge is 0.379 e. The number of hydrogen-bond donors (Lipinski definition) is 1. The summed E-state index contributed by atoms with van der Waals surface area (Å²) in [7, 11) is 0. The second-order valence-corrected chi connectivity index (χ2v) is 3.97. The van der Waals surface area contributed by atoms with Crippen LogP contribution in [0.5, 0.6) is 0 Å². The smallest absolute Gasteiger partial charge is 0.245 e. The van der Waals surface area contributed by atoms with E-state index in [0.717, 1.165) is 13.0 Å². The Hall–Kier alpha value is -0.870. The lowest BCUT2D eigenvalue weighted by Crippen LogP contribution is -2.56. The molecule has 1 amide bonds. The summed E-state index contributed by atoms with van der Waals surface area (Å²) < 4.78 is 5.18. The van der Waals surface area contributed by atoms with Gasteiger partial charge in [-0.3, -0.25) is 4.79 Å². The summed E-state index contributed by atoms with van der Waals surface area (Å²) in [5.41, 5.74) is 5.23. The summed E-state index contributed by atoms with van der Waals surface area (Å²) in [4.78, 5) is 13.8. The SMILES string of the molecule is NC1(C(=O)N2CC=CCC2)CCOC1. The van der Waals surface area contributed by atoms with Crippen molar-refractivity contribution in [2.24, 2.45) is 5.73 Å². The van der Waals surface area contributed by atoms with E-state index in [1.54, 1.807) is 0 Å². The monoisotopic (exact) mass is 196 g/mol. The van der Waals surface area contributed by atoms with Crippen LogP contribution in [-0.4, -0.2) is 42.6 Å². The van der Waals surface area contributed by atoms with E-state index in [2.05, 4.69) is 6.08 Å². The molecule has 0 bridgehead atoms. The molecule has 78 valence electrons. The van der Waals surface area contributed by atoms with E-state index in [4.69, 9.17) is 10.5 Å². The van der Waals surface area contributed by atoms with Gasteiger partial charge in [-0.05, 0) is 12.8 Å². The molecule has 4 nitrogen and oxygen atoms in total. The first-order valence-corrected chi connectivity index (χ1v) is 5.03. The Morgan fingerprint density at radius 2 is 2.36 bits per heavy atom. The van der Waals surface area contributed by atoms with E-state index in [0.29, 0.717) is 26.2 Å². The molecule has 2 N–H and O–H groups in total. The zero-order chi connectivity index (χ0) is 10.0. The number of carbonyl (C=O) groups is 1. The van der Waals surface area contributed by atoms with E-state index in [9.17, 15) is 4.79 Å². The summed E-state index contributed by atoms with van der Waals surface area (Å²) in [6.45, 7) is 2.45. The van der Waals surface area contributed by atoms with Crippen LogP contribution in [0.15, 0.2) is 12.2 Å². The number of ether oxygens (including phenoxy) is 1. The average molecular weight is 196 g/mol. The number of amides is 1. The van der Waals surface area contributed by atoms with Crippen LogP contribution in [0, 0.1) is 0 Å². The molecule has 1 atom stereocenters. The molecule has 14 heavy (non-hydrogen) atoms. The van der Waals surface area contributed by atoms with Crippen molar-refractivity contribution >= 4 is 5.91 Å². The average Bonchev–Trinajstić information content (AvgIpc) is 2.67. The molecule has 2 aliphatic heterocycles. The molecule has 0 aromatic carbocycles. The third-order valence-electron chi connectivity index (χ3n) is 2.82. The number of carbonyl (C=O) groups excluding carboxylic acids is 1. The standard InChI is InChI=1S/C10H16N2O2/c11-10(4-7-14-8-10)9(13)12-5-2-1-3-6-12/h1-2H,3-8,11H2. The summed E-state index contributed by atoms with van der Waals surface area (Å²) in [5, 5.41) is 0. The number of nitrogens with zero attached hydrogens (tertiary/aromatic N) is 1. The lowest BCUT2D eigenvalue weighted by molar-refractivity contribution is -0.136. The van der Waals surface area contributed by atoms with E-state index in [1.807, 2.05) is 11.0 Å². The topological polar surface area (TPSA) is 55.6 Å². The van der Waals surface area contributed by atoms with Crippen LogP contribution in [0.1, 0.15) is 12.8 Å². The molecular weight excluding hydrogens is 180 g/mol. The Balaban J connectivity index is 2.03. The summed E-state index contributed by atoms with van der Waals surface area (Å²) >= 11 is 0. The quantitative estimate of drug-likeness (QED) is 0.595. The van der Waals surface area contributed by atoms with Gasteiger partial charge in [-0.15, -0.1) is 0 Å². The van der Waals surface area contributed by atoms with Gasteiger partial charge in [0, 0.05) is 19.7 Å². The van der Waals surface area contributed by atoms with Crippen LogP contribution >= 0.6 is 0 Å². The van der Waals surface area contributed by atoms with Gasteiger partial charge < -0.3 is 15.4 Å². The van der Waals surface area contributed by atoms with Crippen LogP contribution in [0.25, 0.3) is 0 Å². The van der Waals surface area contributed by atoms with E-state index in [1.165, 1.54) is 0 Å². The fourth-order valence-electron chi connectivity index (χ4n) is 1.89. The highest BCUT2D eigenvalue weighted by Crippen LogP contribution is 2.19. The van der Waals surface area contributed by atoms with Gasteiger partial charge >= 0.3 is 0 Å². The lowest BCUT2D eigenvalue weighted by Gasteiger charge is -2.31. The van der Waals surface area contributed by atoms with Crippen molar-refractivity contribution in [3.05, 3.63) is 12.2 Å². The van der Waals surface area contributed by atoms with Gasteiger partial charge in [0.05, 0.1) is 6.61 Å². The highest BCUT2D eigenvalue weighted by Gasteiger charge is 2.40. The van der Waals surface area contributed by atoms with Crippen LogP contribution in [0.2, 0.25) is 0 Å². The zero-order valence-corrected chi connectivity index (χ0v) is 8.24. The fourth-order valence-corrected chi connectivity index (χ4v) is 1.89. The first kappa shape index (κ1) is 9.68. The van der Waals surface area contributed by atoms with Gasteiger partial charge in [0.15, 0.2) is 0 Å². The molecule has 1 fully saturated rings. The van der Waals surface area contributed by atoms with Gasteiger partial charge in [0.2, 0.25) is 5.91 Å². The van der Waals surface area contributed by atoms with Crippen molar-refractivity contribution < 1.29 is 9.53 Å². The van der Waals surface area contributed by atoms with Crippen molar-refractivity contribution in [2.75, 3.05) is 26.3 Å². The molecule has 0 radical (unpaired) electrons. The Labute approximate surface area is 83.7 Å². The third kappa shape index (κ3) is 1.67. The highest BCUT2D eigenvalue weighted by atomic mass is 16.5. The minimum Gasteiger partial charge on any atom is -0.379 e. The molecular formula is C10H16N2O2. The first-order chi connectivity index (χ1) is 6.72. The first-order valence-electron chi connectivity index (χ1n) is 5.03. The molecule has 0 aliphatic carbocycles. The Morgan fingerprint density at radius 1 is 1.50 bits per heavy atom. The van der Waals surface area contributed by atoms with Gasteiger partial charge in [0.25, 0.3) is 0 Å². The maximum absolute atomic E-state index is 12.0. The molecule has 2 aliphatic rings. The van der Waals surface area contributed by atoms with Crippen molar-refractivity contribution in [1.29, 1.82) is 0 Å². The van der Waals surface area contributed by atoms with Crippen LogP contribution < -0.4 is 5.73 Å². The number of hydrogen-bond acceptors (Lipinski definition) is 3. The van der Waals surface area contributed by atoms with Gasteiger partial charge in [-0.2, -0.15) is 0 Å². The zero-order valence-electron chi connectivity index (χ0n) is 8.24. The summed E-state index contributed by atoms with van der Waals surface area (Å²) in [5.74, 6) is 0.0411. The number of rotatable bonds is 1. The van der Waals surface area contributed by atoms with Crippen molar-refractivity contribution in [3.8, 4) is 0 Å². The molecule has 1 unspecified atom stereocenters. The maximum atomic E-state index is 12.0. The second kappa shape index (κ2) is 3.71. The van der Waals surface area contributed by atoms with Crippen molar-refractivity contribution in [1.82, 2.24) is 4.90 Å². The minimum atomic E-state index is -0.759. The van der Waals surface area contributed by atoms with Gasteiger partial charge in [0.1, 0.15) is 5.54 Å². The summed E-state index contributed by atoms with van der Waals surface area (Å²) in [6, 6.07) is 0. The van der Waals surface area contributed by atoms with E-state index in [-0.39, 0.29) is 5.91 Å². The number of nitrogens with two attached hydrogens (primary N) is 1. The molecule has 0 aromatic heterocycles. The Morgan fingerprint density at radius 3 is 2.93 bits per heavy atom. The predicted molar refractivity (Wildman–Crippen MR) is 52.7 cm³/mol. The predicted octanol–water partition coefficient (Wildman–Crippen LogP) is -0.107. The summed E-state index contributed by atoms with van der Waals surface area (Å²) in [6.07, 6.45) is 5.69. The van der Waals surface area contributed by atoms with Crippen molar-refractivity contribution in [2.45, 2.75) is 18.4 Å². The van der Waals surface area contributed by atoms with Gasteiger partial charge in [-0.25, -0.2) is 0 Å². The molecule has 2 heterocycles. The second-order valence-electron chi connectivity index (χ2n) is 3.97. The Bertz CT molecular complexity index is 257. The molecule has 0 spiro atoms. The minimum absolute atomic E-state index is 0.0411. The molecule has 0 aromatic rings. The van der Waals surface area contributed by atoms with E-state index < -0.39 is 5.54 Å². The third-order valence-corrected chi connectivity index (χ3v) is 2.82. The molecule has 1 saturated heterocycles. The van der Waals surface area contributed by atoms with Crippen LogP contribution in [0.3, 0.4) is 0 Å². The lowest BCUT2D eigenvalue weighted by atomic mass is 9.98.